The van der Waals surface area contributed by atoms with Crippen LogP contribution in [0, 0.1) is 6.92 Å². The van der Waals surface area contributed by atoms with Crippen LogP contribution in [0.2, 0.25) is 0 Å². The second-order valence-corrected chi connectivity index (χ2v) is 9.59. The van der Waals surface area contributed by atoms with Crippen molar-refractivity contribution in [2.24, 2.45) is 0 Å². The van der Waals surface area contributed by atoms with Gasteiger partial charge in [0, 0.05) is 19.3 Å². The SMILES string of the molecule is Cc1nc(S(C)(=O)=O)ccc1OC1CCC(OC2CCN(C(=O)O)CC2)CC1. The van der Waals surface area contributed by atoms with Crippen LogP contribution in [0.25, 0.3) is 0 Å². The van der Waals surface area contributed by atoms with Gasteiger partial charge in [-0.15, -0.1) is 0 Å². The van der Waals surface area contributed by atoms with Crippen LogP contribution >= 0.6 is 0 Å². The minimum absolute atomic E-state index is 0.0587. The van der Waals surface area contributed by atoms with Crippen LogP contribution in [0.4, 0.5) is 4.79 Å². The summed E-state index contributed by atoms with van der Waals surface area (Å²) in [5, 5.41) is 9.07. The third-order valence-corrected chi connectivity index (χ3v) is 6.39. The largest absolute Gasteiger partial charge is 0.489 e. The molecule has 1 aliphatic carbocycles. The first-order valence-corrected chi connectivity index (χ1v) is 11.6. The molecule has 1 aromatic rings. The lowest BCUT2D eigenvalue weighted by atomic mass is 9.94. The van der Waals surface area contributed by atoms with Crippen LogP contribution in [0.3, 0.4) is 0 Å². The molecule has 1 aromatic heterocycles. The van der Waals surface area contributed by atoms with Crippen LogP contribution < -0.4 is 4.74 Å². The summed E-state index contributed by atoms with van der Waals surface area (Å²) in [6.45, 7) is 2.82. The average molecular weight is 413 g/mol. The average Bonchev–Trinajstić information content (AvgIpc) is 2.64. The van der Waals surface area contributed by atoms with Crippen molar-refractivity contribution in [3.8, 4) is 5.75 Å². The van der Waals surface area contributed by atoms with E-state index in [-0.39, 0.29) is 23.3 Å². The fourth-order valence-electron chi connectivity index (χ4n) is 3.78. The molecule has 2 aliphatic rings. The zero-order valence-electron chi connectivity index (χ0n) is 16.3. The number of aromatic nitrogens is 1. The van der Waals surface area contributed by atoms with Crippen molar-refractivity contribution in [3.05, 3.63) is 17.8 Å². The number of hydrogen-bond acceptors (Lipinski definition) is 6. The van der Waals surface area contributed by atoms with E-state index in [2.05, 4.69) is 4.98 Å². The summed E-state index contributed by atoms with van der Waals surface area (Å²) in [4.78, 5) is 16.5. The molecule has 28 heavy (non-hydrogen) atoms. The molecule has 0 atom stereocenters. The Labute approximate surface area is 165 Å². The lowest BCUT2D eigenvalue weighted by Crippen LogP contribution is -2.41. The number of piperidine rings is 1. The van der Waals surface area contributed by atoms with E-state index in [0.29, 0.717) is 24.5 Å². The maximum Gasteiger partial charge on any atom is 0.407 e. The summed E-state index contributed by atoms with van der Waals surface area (Å²) >= 11 is 0. The lowest BCUT2D eigenvalue weighted by molar-refractivity contribution is -0.0641. The number of likely N-dealkylation sites (tertiary alicyclic amines) is 1. The molecule has 156 valence electrons. The topological polar surface area (TPSA) is 106 Å². The van der Waals surface area contributed by atoms with Crippen LogP contribution in [0.5, 0.6) is 5.75 Å². The Hall–Kier alpha value is -1.87. The van der Waals surface area contributed by atoms with Crippen molar-refractivity contribution < 1.29 is 27.8 Å². The highest BCUT2D eigenvalue weighted by molar-refractivity contribution is 7.90. The second kappa shape index (κ2) is 8.65. The molecule has 9 heteroatoms. The van der Waals surface area contributed by atoms with Crippen molar-refractivity contribution in [2.75, 3.05) is 19.3 Å². The molecule has 2 fully saturated rings. The fourth-order valence-corrected chi connectivity index (χ4v) is 4.40. The van der Waals surface area contributed by atoms with Gasteiger partial charge in [-0.25, -0.2) is 18.2 Å². The number of amides is 1. The lowest BCUT2D eigenvalue weighted by Gasteiger charge is -2.35. The number of pyridine rings is 1. The minimum atomic E-state index is -3.32. The van der Waals surface area contributed by atoms with Crippen LogP contribution in [0.15, 0.2) is 17.2 Å². The van der Waals surface area contributed by atoms with Crippen molar-refractivity contribution in [2.45, 2.75) is 68.8 Å². The van der Waals surface area contributed by atoms with Gasteiger partial charge in [-0.3, -0.25) is 0 Å². The van der Waals surface area contributed by atoms with Gasteiger partial charge < -0.3 is 19.5 Å². The molecule has 1 N–H and O–H groups in total. The van der Waals surface area contributed by atoms with Crippen molar-refractivity contribution in [1.29, 1.82) is 0 Å². The normalized spacial score (nSPS) is 24.1. The first-order valence-electron chi connectivity index (χ1n) is 9.70. The van der Waals surface area contributed by atoms with E-state index < -0.39 is 15.9 Å². The van der Waals surface area contributed by atoms with E-state index in [0.717, 1.165) is 44.8 Å². The summed E-state index contributed by atoms with van der Waals surface area (Å²) in [7, 11) is -3.32. The van der Waals surface area contributed by atoms with Gasteiger partial charge >= 0.3 is 6.09 Å². The minimum Gasteiger partial charge on any atom is -0.489 e. The van der Waals surface area contributed by atoms with Crippen molar-refractivity contribution in [1.82, 2.24) is 9.88 Å². The number of aryl methyl sites for hydroxylation is 1. The molecule has 1 saturated carbocycles. The van der Waals surface area contributed by atoms with Crippen molar-refractivity contribution in [3.63, 3.8) is 0 Å². The van der Waals surface area contributed by atoms with Crippen LogP contribution in [-0.4, -0.2) is 67.2 Å². The zero-order chi connectivity index (χ0) is 20.3. The number of rotatable bonds is 5. The smallest absolute Gasteiger partial charge is 0.407 e. The number of hydrogen-bond donors (Lipinski definition) is 1. The summed E-state index contributed by atoms with van der Waals surface area (Å²) in [5.41, 5.74) is 0.575. The Morgan fingerprint density at radius 2 is 1.64 bits per heavy atom. The molecule has 8 nitrogen and oxygen atoms in total. The number of carboxylic acid groups (broad SMARTS) is 1. The Kier molecular flexibility index (Phi) is 6.44. The molecule has 0 bridgehead atoms. The molecule has 0 radical (unpaired) electrons. The van der Waals surface area contributed by atoms with Gasteiger partial charge in [0.1, 0.15) is 5.75 Å². The summed E-state index contributed by atoms with van der Waals surface area (Å²) in [6.07, 6.45) is 5.71. The third-order valence-electron chi connectivity index (χ3n) is 5.40. The monoisotopic (exact) mass is 412 g/mol. The van der Waals surface area contributed by atoms with Crippen LogP contribution in [-0.2, 0) is 14.6 Å². The summed E-state index contributed by atoms with van der Waals surface area (Å²) in [5.74, 6) is 0.623. The van der Waals surface area contributed by atoms with E-state index in [9.17, 15) is 13.2 Å². The van der Waals surface area contributed by atoms with Gasteiger partial charge in [-0.1, -0.05) is 0 Å². The van der Waals surface area contributed by atoms with Gasteiger partial charge in [0.15, 0.2) is 14.9 Å². The third kappa shape index (κ3) is 5.35. The highest BCUT2D eigenvalue weighted by Gasteiger charge is 2.28. The zero-order valence-corrected chi connectivity index (χ0v) is 17.2. The Balaban J connectivity index is 1.45. The fraction of sp³-hybridized carbons (Fsp3) is 0.684. The molecule has 0 aromatic carbocycles. The predicted molar refractivity (Wildman–Crippen MR) is 102 cm³/mol. The Morgan fingerprint density at radius 1 is 1.07 bits per heavy atom. The number of carbonyl (C=O) groups is 1. The maximum absolute atomic E-state index is 11.6. The molecule has 0 spiro atoms. The first-order chi connectivity index (χ1) is 13.2. The molecule has 1 aliphatic heterocycles. The molecule has 2 heterocycles. The number of ether oxygens (including phenoxy) is 2. The Morgan fingerprint density at radius 3 is 2.18 bits per heavy atom. The van der Waals surface area contributed by atoms with Gasteiger partial charge in [0.05, 0.1) is 24.0 Å². The van der Waals surface area contributed by atoms with Gasteiger partial charge in [0.2, 0.25) is 0 Å². The van der Waals surface area contributed by atoms with Crippen LogP contribution in [0.1, 0.15) is 44.2 Å². The standard InChI is InChI=1S/C19H28N2O6S/c1-13-17(7-8-18(20-13)28(2,24)25)27-15-5-3-14(4-6-15)26-16-9-11-21(12-10-16)19(22)23/h7-8,14-16H,3-6,9-12H2,1-2H3,(H,22,23). The highest BCUT2D eigenvalue weighted by Crippen LogP contribution is 2.29. The first kappa shape index (κ1) is 20.9. The van der Waals surface area contributed by atoms with Crippen molar-refractivity contribution >= 4 is 15.9 Å². The van der Waals surface area contributed by atoms with E-state index in [4.69, 9.17) is 14.6 Å². The molecule has 1 amide bonds. The highest BCUT2D eigenvalue weighted by atomic mass is 32.2. The van der Waals surface area contributed by atoms with Gasteiger partial charge in [-0.2, -0.15) is 0 Å². The molecule has 0 unspecified atom stereocenters. The number of nitrogens with zero attached hydrogens (tertiary/aromatic N) is 2. The molecular formula is C19H28N2O6S. The number of sulfone groups is 1. The van der Waals surface area contributed by atoms with E-state index in [1.807, 2.05) is 0 Å². The Bertz CT molecular complexity index is 797. The van der Waals surface area contributed by atoms with Gasteiger partial charge in [0.25, 0.3) is 0 Å². The van der Waals surface area contributed by atoms with E-state index in [1.165, 1.54) is 11.0 Å². The molecule has 1 saturated heterocycles. The molecular weight excluding hydrogens is 384 g/mol. The summed E-state index contributed by atoms with van der Waals surface area (Å²) < 4.78 is 35.4. The summed E-state index contributed by atoms with van der Waals surface area (Å²) in [6, 6.07) is 3.16. The molecule has 3 rings (SSSR count). The van der Waals surface area contributed by atoms with Gasteiger partial charge in [-0.05, 0) is 57.6 Å². The van der Waals surface area contributed by atoms with E-state index >= 15 is 0 Å². The maximum atomic E-state index is 11.6. The quantitative estimate of drug-likeness (QED) is 0.792. The van der Waals surface area contributed by atoms with E-state index in [1.54, 1.807) is 13.0 Å². The predicted octanol–water partition coefficient (Wildman–Crippen LogP) is 2.64. The second-order valence-electron chi connectivity index (χ2n) is 7.63.